The monoisotopic (exact) mass is 239 g/mol. The Bertz CT molecular complexity index is 636. The van der Waals surface area contributed by atoms with Crippen molar-refractivity contribution in [3.63, 3.8) is 0 Å². The number of hydrogen-bond donors (Lipinski definition) is 2. The molecular formula is C15H13NO2. The number of amides is 1. The summed E-state index contributed by atoms with van der Waals surface area (Å²) in [6.45, 7) is 1.92. The van der Waals surface area contributed by atoms with E-state index in [9.17, 15) is 9.90 Å². The lowest BCUT2D eigenvalue weighted by atomic mass is 9.91. The summed E-state index contributed by atoms with van der Waals surface area (Å²) >= 11 is 0. The Kier molecular flexibility index (Phi) is 2.25. The van der Waals surface area contributed by atoms with Crippen LogP contribution in [0.1, 0.15) is 27.0 Å². The summed E-state index contributed by atoms with van der Waals surface area (Å²) in [5.41, 5.74) is 1.38. The molecule has 0 aromatic heterocycles. The molecule has 1 unspecified atom stereocenters. The lowest BCUT2D eigenvalue weighted by molar-refractivity contribution is 0.0472. The molecule has 1 amide bonds. The standard InChI is InChI=1S/C15H13NO2/c1-10-6-2-4-8-12(10)15(18)13-9-5-3-7-11(13)14(17)16-15/h2-9,18H,1H3,(H,16,17). The molecule has 0 fully saturated rings. The molecule has 2 aromatic carbocycles. The zero-order chi connectivity index (χ0) is 12.8. The van der Waals surface area contributed by atoms with E-state index in [-0.39, 0.29) is 5.91 Å². The molecule has 1 aliphatic heterocycles. The summed E-state index contributed by atoms with van der Waals surface area (Å²) in [4.78, 5) is 11.9. The van der Waals surface area contributed by atoms with Crippen molar-refractivity contribution in [2.75, 3.05) is 0 Å². The summed E-state index contributed by atoms with van der Waals surface area (Å²) in [7, 11) is 0. The van der Waals surface area contributed by atoms with Crippen LogP contribution in [-0.2, 0) is 5.72 Å². The van der Waals surface area contributed by atoms with Gasteiger partial charge in [-0.3, -0.25) is 4.79 Å². The van der Waals surface area contributed by atoms with E-state index in [1.54, 1.807) is 18.2 Å². The second-order valence-electron chi connectivity index (χ2n) is 4.53. The fourth-order valence-corrected chi connectivity index (χ4v) is 2.49. The van der Waals surface area contributed by atoms with E-state index in [2.05, 4.69) is 5.32 Å². The Morgan fingerprint density at radius 1 is 1.00 bits per heavy atom. The molecule has 1 atom stereocenters. The maximum atomic E-state index is 11.9. The number of carbonyl (C=O) groups is 1. The zero-order valence-corrected chi connectivity index (χ0v) is 9.97. The van der Waals surface area contributed by atoms with Gasteiger partial charge in [-0.25, -0.2) is 0 Å². The van der Waals surface area contributed by atoms with Crippen molar-refractivity contribution in [3.8, 4) is 0 Å². The van der Waals surface area contributed by atoms with Gasteiger partial charge in [0.25, 0.3) is 5.91 Å². The Morgan fingerprint density at radius 2 is 1.61 bits per heavy atom. The summed E-state index contributed by atoms with van der Waals surface area (Å²) < 4.78 is 0. The van der Waals surface area contributed by atoms with Gasteiger partial charge in [-0.05, 0) is 18.6 Å². The molecule has 0 spiro atoms. The Hall–Kier alpha value is -2.13. The second-order valence-corrected chi connectivity index (χ2v) is 4.53. The van der Waals surface area contributed by atoms with Gasteiger partial charge in [0.2, 0.25) is 0 Å². The minimum absolute atomic E-state index is 0.239. The lowest BCUT2D eigenvalue weighted by Gasteiger charge is -2.26. The highest BCUT2D eigenvalue weighted by molar-refractivity contribution is 6.00. The number of aliphatic hydroxyl groups is 1. The van der Waals surface area contributed by atoms with Gasteiger partial charge in [0.1, 0.15) is 0 Å². The van der Waals surface area contributed by atoms with Gasteiger partial charge >= 0.3 is 0 Å². The molecule has 0 radical (unpaired) electrons. The van der Waals surface area contributed by atoms with Gasteiger partial charge in [0.05, 0.1) is 0 Å². The van der Waals surface area contributed by atoms with E-state index in [1.165, 1.54) is 0 Å². The second kappa shape index (κ2) is 3.68. The maximum absolute atomic E-state index is 11.9. The maximum Gasteiger partial charge on any atom is 0.254 e. The van der Waals surface area contributed by atoms with Crippen LogP contribution in [0.3, 0.4) is 0 Å². The zero-order valence-electron chi connectivity index (χ0n) is 9.97. The first-order valence-corrected chi connectivity index (χ1v) is 5.83. The molecule has 1 aliphatic rings. The van der Waals surface area contributed by atoms with Gasteiger partial charge in [-0.15, -0.1) is 0 Å². The van der Waals surface area contributed by atoms with Gasteiger partial charge in [-0.1, -0.05) is 42.5 Å². The third-order valence-electron chi connectivity index (χ3n) is 3.39. The van der Waals surface area contributed by atoms with Crippen LogP contribution in [0, 0.1) is 6.92 Å². The van der Waals surface area contributed by atoms with Crippen LogP contribution in [-0.4, -0.2) is 11.0 Å². The molecule has 2 N–H and O–H groups in total. The largest absolute Gasteiger partial charge is 0.363 e. The van der Waals surface area contributed by atoms with Crippen LogP contribution in [0.5, 0.6) is 0 Å². The van der Waals surface area contributed by atoms with E-state index in [0.29, 0.717) is 16.7 Å². The van der Waals surface area contributed by atoms with Crippen LogP contribution in [0.2, 0.25) is 0 Å². The van der Waals surface area contributed by atoms with Gasteiger partial charge in [-0.2, -0.15) is 0 Å². The van der Waals surface area contributed by atoms with Gasteiger partial charge < -0.3 is 10.4 Å². The van der Waals surface area contributed by atoms with E-state index in [1.807, 2.05) is 37.3 Å². The molecule has 0 saturated heterocycles. The van der Waals surface area contributed by atoms with Crippen LogP contribution < -0.4 is 5.32 Å². The summed E-state index contributed by atoms with van der Waals surface area (Å²) in [5, 5.41) is 13.5. The number of nitrogens with one attached hydrogen (secondary N) is 1. The highest BCUT2D eigenvalue weighted by atomic mass is 16.3. The van der Waals surface area contributed by atoms with Gasteiger partial charge in [0, 0.05) is 16.7 Å². The number of carbonyl (C=O) groups excluding carboxylic acids is 1. The first-order valence-electron chi connectivity index (χ1n) is 5.83. The van der Waals surface area contributed by atoms with Crippen molar-refractivity contribution in [3.05, 3.63) is 70.8 Å². The molecule has 1 heterocycles. The number of benzene rings is 2. The van der Waals surface area contributed by atoms with Crippen molar-refractivity contribution >= 4 is 5.91 Å². The van der Waals surface area contributed by atoms with Crippen LogP contribution in [0.4, 0.5) is 0 Å². The molecule has 3 nitrogen and oxygen atoms in total. The fraction of sp³-hybridized carbons (Fsp3) is 0.133. The van der Waals surface area contributed by atoms with Crippen LogP contribution in [0.25, 0.3) is 0 Å². The molecule has 3 rings (SSSR count). The quantitative estimate of drug-likeness (QED) is 0.799. The van der Waals surface area contributed by atoms with Gasteiger partial charge in [0.15, 0.2) is 5.72 Å². The van der Waals surface area contributed by atoms with Crippen molar-refractivity contribution in [2.24, 2.45) is 0 Å². The van der Waals surface area contributed by atoms with E-state index >= 15 is 0 Å². The predicted molar refractivity (Wildman–Crippen MR) is 68.1 cm³/mol. The number of hydrogen-bond acceptors (Lipinski definition) is 2. The molecule has 90 valence electrons. The number of fused-ring (bicyclic) bond motifs is 1. The normalized spacial score (nSPS) is 21.6. The van der Waals surface area contributed by atoms with Crippen LogP contribution in [0.15, 0.2) is 48.5 Å². The van der Waals surface area contributed by atoms with Crippen molar-refractivity contribution < 1.29 is 9.90 Å². The smallest absolute Gasteiger partial charge is 0.254 e. The summed E-state index contributed by atoms with van der Waals surface area (Å²) in [6, 6.07) is 14.6. The minimum atomic E-state index is -1.42. The molecule has 18 heavy (non-hydrogen) atoms. The molecular weight excluding hydrogens is 226 g/mol. The average molecular weight is 239 g/mol. The summed E-state index contributed by atoms with van der Waals surface area (Å²) in [5.74, 6) is -0.239. The number of rotatable bonds is 1. The third-order valence-corrected chi connectivity index (χ3v) is 3.39. The van der Waals surface area contributed by atoms with E-state index in [4.69, 9.17) is 0 Å². The van der Waals surface area contributed by atoms with Crippen molar-refractivity contribution in [1.29, 1.82) is 0 Å². The Labute approximate surface area is 105 Å². The van der Waals surface area contributed by atoms with Crippen molar-refractivity contribution in [1.82, 2.24) is 5.32 Å². The SMILES string of the molecule is Cc1ccccc1C1(O)NC(=O)c2ccccc21. The Morgan fingerprint density at radius 3 is 2.33 bits per heavy atom. The van der Waals surface area contributed by atoms with Crippen molar-refractivity contribution in [2.45, 2.75) is 12.6 Å². The minimum Gasteiger partial charge on any atom is -0.363 e. The van der Waals surface area contributed by atoms with E-state index in [0.717, 1.165) is 5.56 Å². The topological polar surface area (TPSA) is 49.3 Å². The first kappa shape index (κ1) is 11.0. The first-order chi connectivity index (χ1) is 8.63. The Balaban J connectivity index is 2.25. The lowest BCUT2D eigenvalue weighted by Crippen LogP contribution is -2.40. The molecule has 0 saturated carbocycles. The molecule has 0 bridgehead atoms. The average Bonchev–Trinajstić information content (AvgIpc) is 2.64. The fourth-order valence-electron chi connectivity index (χ4n) is 2.49. The highest BCUT2D eigenvalue weighted by Gasteiger charge is 2.43. The third kappa shape index (κ3) is 1.38. The summed E-state index contributed by atoms with van der Waals surface area (Å²) in [6.07, 6.45) is 0. The molecule has 2 aromatic rings. The molecule has 3 heteroatoms. The van der Waals surface area contributed by atoms with E-state index < -0.39 is 5.72 Å². The number of aryl methyl sites for hydroxylation is 1. The highest BCUT2D eigenvalue weighted by Crippen LogP contribution is 2.35. The molecule has 0 aliphatic carbocycles. The predicted octanol–water partition coefficient (Wildman–Crippen LogP) is 1.93. The van der Waals surface area contributed by atoms with Crippen LogP contribution >= 0.6 is 0 Å².